The Bertz CT molecular complexity index is 353. The van der Waals surface area contributed by atoms with Gasteiger partial charge in [-0.1, -0.05) is 27.2 Å². The molecule has 0 saturated carbocycles. The van der Waals surface area contributed by atoms with Crippen LogP contribution in [0.3, 0.4) is 0 Å². The Morgan fingerprint density at radius 1 is 1.50 bits per heavy atom. The minimum Gasteiger partial charge on any atom is -0.342 e. The third-order valence-corrected chi connectivity index (χ3v) is 2.78. The maximum atomic E-state index is 9.05. The van der Waals surface area contributed by atoms with Crippen LogP contribution in [0.4, 0.5) is 0 Å². The summed E-state index contributed by atoms with van der Waals surface area (Å²) in [5.41, 5.74) is 2.08. The first-order valence-electron chi connectivity index (χ1n) is 5.09. The molecule has 14 heavy (non-hydrogen) atoms. The second kappa shape index (κ2) is 3.88. The molecule has 0 bridgehead atoms. The Kier molecular flexibility index (Phi) is 3.00. The van der Waals surface area contributed by atoms with E-state index in [1.54, 1.807) is 0 Å². The molecule has 0 spiro atoms. The Morgan fingerprint density at radius 3 is 2.64 bits per heavy atom. The number of nitriles is 1. The van der Waals surface area contributed by atoms with E-state index in [2.05, 4.69) is 32.9 Å². The van der Waals surface area contributed by atoms with Crippen LogP contribution in [0.1, 0.15) is 44.9 Å². The van der Waals surface area contributed by atoms with Gasteiger partial charge in [0.2, 0.25) is 0 Å². The monoisotopic (exact) mass is 190 g/mol. The van der Waals surface area contributed by atoms with Gasteiger partial charge in [-0.15, -0.1) is 0 Å². The van der Waals surface area contributed by atoms with Crippen molar-refractivity contribution in [1.82, 2.24) is 4.57 Å². The lowest BCUT2D eigenvalue weighted by molar-refractivity contribution is 0.471. The summed E-state index contributed by atoms with van der Waals surface area (Å²) in [5.74, 6) is 0. The fourth-order valence-electron chi connectivity index (χ4n) is 1.97. The number of aromatic nitrogens is 1. The fourth-order valence-corrected chi connectivity index (χ4v) is 1.97. The second-order valence-electron chi connectivity index (χ2n) is 4.43. The minimum absolute atomic E-state index is 0.112. The number of nitrogens with zero attached hydrogens (tertiary/aromatic N) is 2. The van der Waals surface area contributed by atoms with E-state index < -0.39 is 0 Å². The predicted molar refractivity (Wildman–Crippen MR) is 58.1 cm³/mol. The van der Waals surface area contributed by atoms with Crippen molar-refractivity contribution >= 4 is 0 Å². The fraction of sp³-hybridized carbons (Fsp3) is 0.583. The van der Waals surface area contributed by atoms with Crippen molar-refractivity contribution in [3.63, 3.8) is 0 Å². The van der Waals surface area contributed by atoms with Crippen LogP contribution in [0.5, 0.6) is 0 Å². The van der Waals surface area contributed by atoms with E-state index in [9.17, 15) is 0 Å². The van der Waals surface area contributed by atoms with E-state index in [0.717, 1.165) is 18.5 Å². The van der Waals surface area contributed by atoms with Crippen molar-refractivity contribution in [3.8, 4) is 6.07 Å². The van der Waals surface area contributed by atoms with Crippen molar-refractivity contribution in [2.45, 2.75) is 39.0 Å². The molecule has 0 amide bonds. The Labute approximate surface area is 86.2 Å². The van der Waals surface area contributed by atoms with Crippen LogP contribution >= 0.6 is 0 Å². The van der Waals surface area contributed by atoms with Gasteiger partial charge in [-0.2, -0.15) is 5.26 Å². The molecule has 0 aliphatic carbocycles. The highest BCUT2D eigenvalue weighted by Gasteiger charge is 2.24. The van der Waals surface area contributed by atoms with Gasteiger partial charge < -0.3 is 4.57 Å². The molecule has 0 atom stereocenters. The lowest BCUT2D eigenvalue weighted by Gasteiger charge is -2.23. The van der Waals surface area contributed by atoms with Crippen molar-refractivity contribution in [2.24, 2.45) is 7.05 Å². The summed E-state index contributed by atoms with van der Waals surface area (Å²) in [6.07, 6.45) is 4.23. The standard InChI is InChI=1S/C12H18N2/c1-5-7-12(2,3)10-6-8-14(4)11(10)9-13/h6,8H,5,7H2,1-4H3. The molecule has 0 saturated heterocycles. The molecule has 0 unspecified atom stereocenters. The normalized spacial score (nSPS) is 11.4. The topological polar surface area (TPSA) is 28.7 Å². The van der Waals surface area contributed by atoms with Crippen LogP contribution in [0.2, 0.25) is 0 Å². The summed E-state index contributed by atoms with van der Waals surface area (Å²) >= 11 is 0. The third-order valence-electron chi connectivity index (χ3n) is 2.78. The number of hydrogen-bond donors (Lipinski definition) is 0. The zero-order valence-electron chi connectivity index (χ0n) is 9.46. The molecule has 2 heteroatoms. The molecule has 2 nitrogen and oxygen atoms in total. The molecule has 76 valence electrons. The molecule has 1 rings (SSSR count). The largest absolute Gasteiger partial charge is 0.342 e. The van der Waals surface area contributed by atoms with Crippen LogP contribution in [0.25, 0.3) is 0 Å². The molecule has 1 aromatic rings. The lowest BCUT2D eigenvalue weighted by Crippen LogP contribution is -2.17. The number of aryl methyl sites for hydroxylation is 1. The van der Waals surface area contributed by atoms with E-state index in [1.807, 2.05) is 17.8 Å². The van der Waals surface area contributed by atoms with Gasteiger partial charge in [0.25, 0.3) is 0 Å². The summed E-state index contributed by atoms with van der Waals surface area (Å²) in [5, 5.41) is 9.05. The molecular formula is C12H18N2. The van der Waals surface area contributed by atoms with Crippen LogP contribution in [0, 0.1) is 11.3 Å². The Morgan fingerprint density at radius 2 is 2.14 bits per heavy atom. The van der Waals surface area contributed by atoms with Gasteiger partial charge in [0, 0.05) is 13.2 Å². The quantitative estimate of drug-likeness (QED) is 0.720. The maximum absolute atomic E-state index is 9.05. The molecule has 1 heterocycles. The lowest BCUT2D eigenvalue weighted by atomic mass is 9.81. The van der Waals surface area contributed by atoms with Crippen LogP contribution in [-0.2, 0) is 12.5 Å². The molecule has 0 N–H and O–H groups in total. The SMILES string of the molecule is CCCC(C)(C)c1ccn(C)c1C#N. The van der Waals surface area contributed by atoms with Gasteiger partial charge in [-0.05, 0) is 23.5 Å². The van der Waals surface area contributed by atoms with E-state index in [4.69, 9.17) is 5.26 Å². The van der Waals surface area contributed by atoms with Gasteiger partial charge in [0.15, 0.2) is 0 Å². The van der Waals surface area contributed by atoms with Crippen LogP contribution in [0.15, 0.2) is 12.3 Å². The summed E-state index contributed by atoms with van der Waals surface area (Å²) in [6, 6.07) is 4.34. The zero-order chi connectivity index (χ0) is 10.8. The highest BCUT2D eigenvalue weighted by Crippen LogP contribution is 2.31. The molecule has 0 radical (unpaired) electrons. The van der Waals surface area contributed by atoms with Gasteiger partial charge in [0.05, 0.1) is 0 Å². The van der Waals surface area contributed by atoms with Crippen LogP contribution in [-0.4, -0.2) is 4.57 Å². The maximum Gasteiger partial charge on any atom is 0.123 e. The Balaban J connectivity index is 3.13. The van der Waals surface area contributed by atoms with Crippen molar-refractivity contribution in [3.05, 3.63) is 23.5 Å². The first kappa shape index (κ1) is 10.8. The molecular weight excluding hydrogens is 172 g/mol. The van der Waals surface area contributed by atoms with E-state index in [1.165, 1.54) is 5.56 Å². The first-order valence-corrected chi connectivity index (χ1v) is 5.09. The molecule has 0 aliphatic rings. The zero-order valence-corrected chi connectivity index (χ0v) is 9.46. The average molecular weight is 190 g/mol. The summed E-state index contributed by atoms with van der Waals surface area (Å²) in [4.78, 5) is 0. The van der Waals surface area contributed by atoms with Crippen molar-refractivity contribution in [1.29, 1.82) is 5.26 Å². The molecule has 0 aliphatic heterocycles. The van der Waals surface area contributed by atoms with Crippen molar-refractivity contribution in [2.75, 3.05) is 0 Å². The highest BCUT2D eigenvalue weighted by molar-refractivity contribution is 5.38. The molecule has 0 aromatic carbocycles. The number of hydrogen-bond acceptors (Lipinski definition) is 1. The van der Waals surface area contributed by atoms with Gasteiger partial charge >= 0.3 is 0 Å². The van der Waals surface area contributed by atoms with E-state index in [0.29, 0.717) is 0 Å². The summed E-state index contributed by atoms with van der Waals surface area (Å²) in [7, 11) is 1.92. The van der Waals surface area contributed by atoms with Crippen LogP contribution < -0.4 is 0 Å². The van der Waals surface area contributed by atoms with E-state index >= 15 is 0 Å². The Hall–Kier alpha value is -1.23. The van der Waals surface area contributed by atoms with Gasteiger partial charge in [0.1, 0.15) is 11.8 Å². The molecule has 0 fully saturated rings. The third kappa shape index (κ3) is 1.82. The smallest absolute Gasteiger partial charge is 0.123 e. The average Bonchev–Trinajstić information content (AvgIpc) is 2.47. The molecule has 1 aromatic heterocycles. The summed E-state index contributed by atoms with van der Waals surface area (Å²) in [6.45, 7) is 6.58. The predicted octanol–water partition coefficient (Wildman–Crippen LogP) is 2.97. The van der Waals surface area contributed by atoms with Crippen molar-refractivity contribution < 1.29 is 0 Å². The summed E-state index contributed by atoms with van der Waals surface area (Å²) < 4.78 is 1.90. The minimum atomic E-state index is 0.112. The van der Waals surface area contributed by atoms with E-state index in [-0.39, 0.29) is 5.41 Å². The highest BCUT2D eigenvalue weighted by atomic mass is 14.9. The van der Waals surface area contributed by atoms with Gasteiger partial charge in [-0.3, -0.25) is 0 Å². The van der Waals surface area contributed by atoms with Gasteiger partial charge in [-0.25, -0.2) is 0 Å². The first-order chi connectivity index (χ1) is 6.53. The second-order valence-corrected chi connectivity index (χ2v) is 4.43. The number of rotatable bonds is 3.